The number of nitrogens with one attached hydrogen (secondary N) is 3. The van der Waals surface area contributed by atoms with E-state index in [1.165, 1.54) is 12.8 Å². The molecule has 0 spiro atoms. The summed E-state index contributed by atoms with van der Waals surface area (Å²) in [6.45, 7) is 9.54. The molecule has 6 heteroatoms. The molecule has 132 valence electrons. The molecule has 0 aromatic heterocycles. The first-order valence-electron chi connectivity index (χ1n) is 8.78. The summed E-state index contributed by atoms with van der Waals surface area (Å²) in [7, 11) is 0. The molecule has 0 saturated carbocycles. The smallest absolute Gasteiger partial charge is 0.237 e. The normalized spacial score (nSPS) is 13.8. The zero-order chi connectivity index (χ0) is 16.6. The minimum atomic E-state index is -0.385. The molecular formula is C16H37N5O. The summed E-state index contributed by atoms with van der Waals surface area (Å²) in [5.74, 6) is 0.203. The summed E-state index contributed by atoms with van der Waals surface area (Å²) in [6, 6.07) is -0.385. The number of amides is 1. The number of rotatable bonds is 15. The number of hydrogen-bond acceptors (Lipinski definition) is 5. The molecule has 0 aliphatic rings. The molecule has 0 radical (unpaired) electrons. The van der Waals surface area contributed by atoms with Crippen LogP contribution in [0.5, 0.6) is 0 Å². The highest BCUT2D eigenvalue weighted by molar-refractivity contribution is 5.81. The number of hydrogen-bond donors (Lipinski definition) is 5. The SMILES string of the molecule is CCC(C)[C@H](N)C(=O)NCCCNCCCCNCCCN. The van der Waals surface area contributed by atoms with Crippen molar-refractivity contribution in [3.8, 4) is 0 Å². The largest absolute Gasteiger partial charge is 0.355 e. The van der Waals surface area contributed by atoms with Crippen LogP contribution in [-0.2, 0) is 4.79 Å². The van der Waals surface area contributed by atoms with Gasteiger partial charge in [-0.15, -0.1) is 0 Å². The van der Waals surface area contributed by atoms with Crippen LogP contribution in [0.3, 0.4) is 0 Å². The Kier molecular flexibility index (Phi) is 14.7. The van der Waals surface area contributed by atoms with Crippen LogP contribution in [0, 0.1) is 5.92 Å². The number of carbonyl (C=O) groups is 1. The van der Waals surface area contributed by atoms with Crippen molar-refractivity contribution in [1.29, 1.82) is 0 Å². The summed E-state index contributed by atoms with van der Waals surface area (Å²) in [5, 5.41) is 9.67. The van der Waals surface area contributed by atoms with E-state index in [9.17, 15) is 4.79 Å². The average molecular weight is 316 g/mol. The Morgan fingerprint density at radius 2 is 1.50 bits per heavy atom. The second-order valence-corrected chi connectivity index (χ2v) is 5.91. The van der Waals surface area contributed by atoms with Gasteiger partial charge in [-0.25, -0.2) is 0 Å². The van der Waals surface area contributed by atoms with Crippen LogP contribution in [0.4, 0.5) is 0 Å². The van der Waals surface area contributed by atoms with Crippen molar-refractivity contribution >= 4 is 5.91 Å². The summed E-state index contributed by atoms with van der Waals surface area (Å²) < 4.78 is 0. The van der Waals surface area contributed by atoms with Crippen molar-refractivity contribution in [2.75, 3.05) is 39.3 Å². The third kappa shape index (κ3) is 11.9. The Morgan fingerprint density at radius 1 is 0.955 bits per heavy atom. The van der Waals surface area contributed by atoms with Gasteiger partial charge in [0.05, 0.1) is 6.04 Å². The minimum absolute atomic E-state index is 0.0297. The molecular weight excluding hydrogens is 278 g/mol. The lowest BCUT2D eigenvalue weighted by atomic mass is 9.99. The molecule has 0 aromatic carbocycles. The van der Waals surface area contributed by atoms with Gasteiger partial charge in [0.25, 0.3) is 0 Å². The Labute approximate surface area is 136 Å². The molecule has 6 nitrogen and oxygen atoms in total. The van der Waals surface area contributed by atoms with Crippen LogP contribution >= 0.6 is 0 Å². The van der Waals surface area contributed by atoms with E-state index in [1.807, 2.05) is 6.92 Å². The fourth-order valence-electron chi connectivity index (χ4n) is 2.03. The highest BCUT2D eigenvalue weighted by Crippen LogP contribution is 2.04. The van der Waals surface area contributed by atoms with Crippen LogP contribution in [0.1, 0.15) is 46.0 Å². The first-order chi connectivity index (χ1) is 10.6. The second-order valence-electron chi connectivity index (χ2n) is 5.91. The van der Waals surface area contributed by atoms with E-state index >= 15 is 0 Å². The summed E-state index contributed by atoms with van der Waals surface area (Å²) in [6.07, 6.45) is 5.26. The Morgan fingerprint density at radius 3 is 2.05 bits per heavy atom. The van der Waals surface area contributed by atoms with Gasteiger partial charge >= 0.3 is 0 Å². The molecule has 7 N–H and O–H groups in total. The Hall–Kier alpha value is -0.690. The van der Waals surface area contributed by atoms with Crippen LogP contribution in [0.25, 0.3) is 0 Å². The zero-order valence-corrected chi connectivity index (χ0v) is 14.5. The van der Waals surface area contributed by atoms with Gasteiger partial charge in [0.2, 0.25) is 5.91 Å². The molecule has 1 amide bonds. The Bertz CT molecular complexity index is 263. The molecule has 0 aromatic rings. The quantitative estimate of drug-likeness (QED) is 0.277. The molecule has 0 fully saturated rings. The van der Waals surface area contributed by atoms with Crippen molar-refractivity contribution in [3.63, 3.8) is 0 Å². The van der Waals surface area contributed by atoms with Gasteiger partial charge in [-0.2, -0.15) is 0 Å². The van der Waals surface area contributed by atoms with Gasteiger partial charge < -0.3 is 27.4 Å². The maximum atomic E-state index is 11.8. The first kappa shape index (κ1) is 21.3. The lowest BCUT2D eigenvalue weighted by molar-refractivity contribution is -0.123. The van der Waals surface area contributed by atoms with Crippen molar-refractivity contribution in [2.24, 2.45) is 17.4 Å². The van der Waals surface area contributed by atoms with Crippen molar-refractivity contribution in [1.82, 2.24) is 16.0 Å². The van der Waals surface area contributed by atoms with E-state index in [0.29, 0.717) is 6.54 Å². The number of nitrogens with two attached hydrogens (primary N) is 2. The molecule has 0 saturated heterocycles. The molecule has 0 rings (SSSR count). The van der Waals surface area contributed by atoms with E-state index in [-0.39, 0.29) is 17.9 Å². The molecule has 0 bridgehead atoms. The summed E-state index contributed by atoms with van der Waals surface area (Å²) in [4.78, 5) is 11.8. The van der Waals surface area contributed by atoms with E-state index in [0.717, 1.165) is 52.0 Å². The third-order valence-electron chi connectivity index (χ3n) is 3.90. The lowest BCUT2D eigenvalue weighted by Crippen LogP contribution is -2.45. The Balaban J connectivity index is 3.28. The maximum Gasteiger partial charge on any atom is 0.237 e. The van der Waals surface area contributed by atoms with Crippen LogP contribution in [0.15, 0.2) is 0 Å². The fourth-order valence-corrected chi connectivity index (χ4v) is 2.03. The second kappa shape index (κ2) is 15.2. The highest BCUT2D eigenvalue weighted by Gasteiger charge is 2.18. The average Bonchev–Trinajstić information content (AvgIpc) is 2.54. The highest BCUT2D eigenvalue weighted by atomic mass is 16.2. The van der Waals surface area contributed by atoms with Crippen molar-refractivity contribution in [3.05, 3.63) is 0 Å². The van der Waals surface area contributed by atoms with Gasteiger partial charge in [0, 0.05) is 6.54 Å². The van der Waals surface area contributed by atoms with E-state index < -0.39 is 0 Å². The number of carbonyl (C=O) groups excluding carboxylic acids is 1. The zero-order valence-electron chi connectivity index (χ0n) is 14.5. The fraction of sp³-hybridized carbons (Fsp3) is 0.938. The molecule has 2 atom stereocenters. The molecule has 1 unspecified atom stereocenters. The van der Waals surface area contributed by atoms with Crippen molar-refractivity contribution < 1.29 is 4.79 Å². The summed E-state index contributed by atoms with van der Waals surface area (Å²) in [5.41, 5.74) is 11.3. The molecule has 0 aliphatic heterocycles. The maximum absolute atomic E-state index is 11.8. The van der Waals surface area contributed by atoms with E-state index in [1.54, 1.807) is 0 Å². The van der Waals surface area contributed by atoms with Gasteiger partial charge in [0.15, 0.2) is 0 Å². The monoisotopic (exact) mass is 315 g/mol. The van der Waals surface area contributed by atoms with E-state index in [4.69, 9.17) is 11.5 Å². The topological polar surface area (TPSA) is 105 Å². The predicted molar refractivity (Wildman–Crippen MR) is 93.7 cm³/mol. The predicted octanol–water partition coefficient (Wildman–Crippen LogP) is 0.174. The van der Waals surface area contributed by atoms with Gasteiger partial charge in [-0.1, -0.05) is 20.3 Å². The van der Waals surface area contributed by atoms with E-state index in [2.05, 4.69) is 22.9 Å². The molecule has 22 heavy (non-hydrogen) atoms. The lowest BCUT2D eigenvalue weighted by Gasteiger charge is -2.17. The van der Waals surface area contributed by atoms with Gasteiger partial charge in [-0.05, 0) is 64.3 Å². The van der Waals surface area contributed by atoms with Crippen LogP contribution in [0.2, 0.25) is 0 Å². The third-order valence-corrected chi connectivity index (χ3v) is 3.90. The van der Waals surface area contributed by atoms with Crippen LogP contribution < -0.4 is 27.4 Å². The standard InChI is InChI=1S/C16H37N5O/c1-3-14(2)15(18)16(22)21-13-7-12-20-10-5-4-9-19-11-6-8-17/h14-15,19-20H,3-13,17-18H2,1-2H3,(H,21,22)/t14?,15-/m0/s1. The van der Waals surface area contributed by atoms with Gasteiger partial charge in [-0.3, -0.25) is 4.79 Å². The summed E-state index contributed by atoms with van der Waals surface area (Å²) >= 11 is 0. The minimum Gasteiger partial charge on any atom is -0.355 e. The van der Waals surface area contributed by atoms with Crippen molar-refractivity contribution in [2.45, 2.75) is 52.0 Å². The molecule has 0 heterocycles. The van der Waals surface area contributed by atoms with Crippen LogP contribution in [-0.4, -0.2) is 51.2 Å². The number of unbranched alkanes of at least 4 members (excludes halogenated alkanes) is 1. The van der Waals surface area contributed by atoms with Gasteiger partial charge in [0.1, 0.15) is 0 Å². The molecule has 0 aliphatic carbocycles. The first-order valence-corrected chi connectivity index (χ1v) is 8.78.